The second-order valence-electron chi connectivity index (χ2n) is 5.19. The van der Waals surface area contributed by atoms with Gasteiger partial charge < -0.3 is 10.0 Å². The average molecular weight is 301 g/mol. The van der Waals surface area contributed by atoms with Crippen molar-refractivity contribution in [1.29, 1.82) is 0 Å². The first-order chi connectivity index (χ1) is 10.6. The summed E-state index contributed by atoms with van der Waals surface area (Å²) in [5, 5.41) is 19.8. The third kappa shape index (κ3) is 2.80. The standard InChI is InChI=1S/C14H15N5O3/c20-13(21)8-12-2-1-7-18(12)14(22)10-3-5-11(6-4-10)19-9-15-16-17-19/h3-6,9,12H,1-2,7-8H2,(H,20,21). The van der Waals surface area contributed by atoms with Crippen LogP contribution in [-0.2, 0) is 4.79 Å². The van der Waals surface area contributed by atoms with Gasteiger partial charge in [-0.1, -0.05) is 0 Å². The molecule has 1 aromatic carbocycles. The van der Waals surface area contributed by atoms with Crippen molar-refractivity contribution in [3.8, 4) is 5.69 Å². The fourth-order valence-electron chi connectivity index (χ4n) is 2.72. The number of rotatable bonds is 4. The topological polar surface area (TPSA) is 101 Å². The van der Waals surface area contributed by atoms with Gasteiger partial charge in [-0.3, -0.25) is 9.59 Å². The summed E-state index contributed by atoms with van der Waals surface area (Å²) in [5.74, 6) is -1.01. The highest BCUT2D eigenvalue weighted by atomic mass is 16.4. The maximum Gasteiger partial charge on any atom is 0.305 e. The van der Waals surface area contributed by atoms with Crippen molar-refractivity contribution < 1.29 is 14.7 Å². The fourth-order valence-corrected chi connectivity index (χ4v) is 2.72. The third-order valence-electron chi connectivity index (χ3n) is 3.78. The molecule has 22 heavy (non-hydrogen) atoms. The minimum atomic E-state index is -0.876. The molecule has 114 valence electrons. The van der Waals surface area contributed by atoms with Crippen molar-refractivity contribution in [2.75, 3.05) is 6.54 Å². The largest absolute Gasteiger partial charge is 0.481 e. The quantitative estimate of drug-likeness (QED) is 0.894. The molecule has 2 aromatic rings. The number of tetrazole rings is 1. The predicted octanol–water partition coefficient (Wildman–Crippen LogP) is 0.742. The van der Waals surface area contributed by atoms with E-state index in [9.17, 15) is 9.59 Å². The fraction of sp³-hybridized carbons (Fsp3) is 0.357. The van der Waals surface area contributed by atoms with E-state index in [2.05, 4.69) is 15.5 Å². The van der Waals surface area contributed by atoms with Crippen LogP contribution >= 0.6 is 0 Å². The van der Waals surface area contributed by atoms with Crippen LogP contribution in [0.4, 0.5) is 0 Å². The number of likely N-dealkylation sites (tertiary alicyclic amines) is 1. The molecule has 0 saturated carbocycles. The van der Waals surface area contributed by atoms with Crippen LogP contribution in [-0.4, -0.2) is 54.7 Å². The number of hydrogen-bond acceptors (Lipinski definition) is 5. The SMILES string of the molecule is O=C(O)CC1CCCN1C(=O)c1ccc(-n2cnnn2)cc1. The predicted molar refractivity (Wildman–Crippen MR) is 75.5 cm³/mol. The summed E-state index contributed by atoms with van der Waals surface area (Å²) in [4.78, 5) is 25.1. The Hall–Kier alpha value is -2.77. The van der Waals surface area contributed by atoms with E-state index in [0.717, 1.165) is 18.5 Å². The molecular formula is C14H15N5O3. The van der Waals surface area contributed by atoms with Gasteiger partial charge in [0, 0.05) is 18.2 Å². The zero-order valence-corrected chi connectivity index (χ0v) is 11.8. The number of benzene rings is 1. The highest BCUT2D eigenvalue weighted by molar-refractivity contribution is 5.95. The summed E-state index contributed by atoms with van der Waals surface area (Å²) < 4.78 is 1.50. The van der Waals surface area contributed by atoms with E-state index in [-0.39, 0.29) is 18.4 Å². The number of carboxylic acid groups (broad SMARTS) is 1. The van der Waals surface area contributed by atoms with Crippen LogP contribution in [0.5, 0.6) is 0 Å². The molecule has 1 N–H and O–H groups in total. The lowest BCUT2D eigenvalue weighted by molar-refractivity contribution is -0.137. The Labute approximate surface area is 126 Å². The number of aliphatic carboxylic acids is 1. The lowest BCUT2D eigenvalue weighted by Gasteiger charge is -2.23. The molecule has 8 heteroatoms. The first-order valence-electron chi connectivity index (χ1n) is 7.01. The van der Waals surface area contributed by atoms with Gasteiger partial charge in [0.1, 0.15) is 6.33 Å². The van der Waals surface area contributed by atoms with E-state index >= 15 is 0 Å². The molecule has 1 aromatic heterocycles. The Kier molecular flexibility index (Phi) is 3.82. The first kappa shape index (κ1) is 14.2. The Morgan fingerprint density at radius 2 is 2.05 bits per heavy atom. The molecule has 1 fully saturated rings. The molecule has 3 rings (SSSR count). The summed E-state index contributed by atoms with van der Waals surface area (Å²) in [5.41, 5.74) is 1.29. The zero-order valence-electron chi connectivity index (χ0n) is 11.8. The molecule has 1 atom stereocenters. The van der Waals surface area contributed by atoms with Gasteiger partial charge in [-0.2, -0.15) is 0 Å². The van der Waals surface area contributed by atoms with E-state index in [0.29, 0.717) is 12.1 Å². The smallest absolute Gasteiger partial charge is 0.305 e. The van der Waals surface area contributed by atoms with Crippen LogP contribution in [0.2, 0.25) is 0 Å². The second kappa shape index (κ2) is 5.92. The van der Waals surface area contributed by atoms with Crippen LogP contribution in [0.1, 0.15) is 29.6 Å². The van der Waals surface area contributed by atoms with Crippen molar-refractivity contribution in [3.63, 3.8) is 0 Å². The van der Waals surface area contributed by atoms with Crippen LogP contribution in [0.25, 0.3) is 5.69 Å². The van der Waals surface area contributed by atoms with Gasteiger partial charge in [0.15, 0.2) is 0 Å². The monoisotopic (exact) mass is 301 g/mol. The minimum Gasteiger partial charge on any atom is -0.481 e. The number of aromatic nitrogens is 4. The molecular weight excluding hydrogens is 286 g/mol. The Morgan fingerprint density at radius 3 is 2.68 bits per heavy atom. The summed E-state index contributed by atoms with van der Waals surface area (Å²) in [6, 6.07) is 6.70. The van der Waals surface area contributed by atoms with Gasteiger partial charge in [0.2, 0.25) is 0 Å². The number of amides is 1. The lowest BCUT2D eigenvalue weighted by Crippen LogP contribution is -2.36. The number of carbonyl (C=O) groups excluding carboxylic acids is 1. The Balaban J connectivity index is 1.76. The van der Waals surface area contributed by atoms with Crippen molar-refractivity contribution in [3.05, 3.63) is 36.2 Å². The third-order valence-corrected chi connectivity index (χ3v) is 3.78. The van der Waals surface area contributed by atoms with Crippen molar-refractivity contribution in [2.45, 2.75) is 25.3 Å². The number of hydrogen-bond donors (Lipinski definition) is 1. The molecule has 1 aliphatic rings. The molecule has 1 amide bonds. The lowest BCUT2D eigenvalue weighted by atomic mass is 10.1. The highest BCUT2D eigenvalue weighted by Crippen LogP contribution is 2.23. The van der Waals surface area contributed by atoms with Crippen molar-refractivity contribution >= 4 is 11.9 Å². The maximum atomic E-state index is 12.5. The van der Waals surface area contributed by atoms with E-state index in [4.69, 9.17) is 5.11 Å². The van der Waals surface area contributed by atoms with Gasteiger partial charge in [-0.05, 0) is 47.5 Å². The summed E-state index contributed by atoms with van der Waals surface area (Å²) >= 11 is 0. The van der Waals surface area contributed by atoms with Crippen molar-refractivity contribution in [2.24, 2.45) is 0 Å². The van der Waals surface area contributed by atoms with Crippen LogP contribution in [0.15, 0.2) is 30.6 Å². The highest BCUT2D eigenvalue weighted by Gasteiger charge is 2.30. The van der Waals surface area contributed by atoms with Gasteiger partial charge in [-0.25, -0.2) is 4.68 Å². The van der Waals surface area contributed by atoms with Crippen molar-refractivity contribution in [1.82, 2.24) is 25.1 Å². The molecule has 0 bridgehead atoms. The molecule has 0 radical (unpaired) electrons. The van der Waals surface area contributed by atoms with Crippen LogP contribution in [0, 0.1) is 0 Å². The van der Waals surface area contributed by atoms with Gasteiger partial charge in [-0.15, -0.1) is 5.10 Å². The average Bonchev–Trinajstić information content (AvgIpc) is 3.17. The number of carbonyl (C=O) groups is 2. The molecule has 8 nitrogen and oxygen atoms in total. The molecule has 0 aliphatic carbocycles. The number of carboxylic acids is 1. The van der Waals surface area contributed by atoms with Crippen LogP contribution < -0.4 is 0 Å². The molecule has 2 heterocycles. The van der Waals surface area contributed by atoms with Gasteiger partial charge in [0.05, 0.1) is 12.1 Å². The normalized spacial score (nSPS) is 17.6. The second-order valence-corrected chi connectivity index (χ2v) is 5.19. The van der Waals surface area contributed by atoms with Crippen LogP contribution in [0.3, 0.4) is 0 Å². The van der Waals surface area contributed by atoms with Gasteiger partial charge >= 0.3 is 5.97 Å². The summed E-state index contributed by atoms with van der Waals surface area (Å²) in [6.07, 6.45) is 3.04. The molecule has 1 aliphatic heterocycles. The van der Waals surface area contributed by atoms with Gasteiger partial charge in [0.25, 0.3) is 5.91 Å². The molecule has 0 spiro atoms. The molecule has 1 saturated heterocycles. The Morgan fingerprint density at radius 1 is 1.27 bits per heavy atom. The van der Waals surface area contributed by atoms with E-state index in [1.54, 1.807) is 29.2 Å². The van der Waals surface area contributed by atoms with E-state index in [1.807, 2.05) is 0 Å². The molecule has 1 unspecified atom stereocenters. The van der Waals surface area contributed by atoms with E-state index < -0.39 is 5.97 Å². The minimum absolute atomic E-state index is 0.00551. The zero-order chi connectivity index (χ0) is 15.5. The maximum absolute atomic E-state index is 12.5. The summed E-state index contributed by atoms with van der Waals surface area (Å²) in [6.45, 7) is 0.603. The summed E-state index contributed by atoms with van der Waals surface area (Å²) in [7, 11) is 0. The Bertz CT molecular complexity index is 668. The first-order valence-corrected chi connectivity index (χ1v) is 7.01. The number of nitrogens with zero attached hydrogens (tertiary/aromatic N) is 5. The van der Waals surface area contributed by atoms with E-state index in [1.165, 1.54) is 11.0 Å².